The maximum atomic E-state index is 13.2. The fourth-order valence-corrected chi connectivity index (χ4v) is 6.02. The SMILES string of the molecule is CC(=O)N1CCc2cc(S(=O)(=O)N3CCC(CC(=O)NCc4ccccc4)CC3)ccc21. The first-order chi connectivity index (χ1) is 15.3. The zero-order valence-electron chi connectivity index (χ0n) is 18.3. The van der Waals surface area contributed by atoms with Crippen LogP contribution in [0, 0.1) is 5.92 Å². The van der Waals surface area contributed by atoms with Crippen molar-refractivity contribution in [2.24, 2.45) is 5.92 Å². The Bertz CT molecular complexity index is 1090. The Balaban J connectivity index is 1.32. The summed E-state index contributed by atoms with van der Waals surface area (Å²) >= 11 is 0. The Morgan fingerprint density at radius 2 is 1.75 bits per heavy atom. The molecule has 0 unspecified atom stereocenters. The molecule has 0 bridgehead atoms. The van der Waals surface area contributed by atoms with E-state index in [1.54, 1.807) is 23.1 Å². The van der Waals surface area contributed by atoms with Crippen LogP contribution >= 0.6 is 0 Å². The summed E-state index contributed by atoms with van der Waals surface area (Å²) in [5, 5.41) is 2.95. The molecule has 4 rings (SSSR count). The average Bonchev–Trinajstić information content (AvgIpc) is 3.22. The summed E-state index contributed by atoms with van der Waals surface area (Å²) in [5.41, 5.74) is 2.76. The molecule has 0 atom stereocenters. The maximum absolute atomic E-state index is 13.2. The number of hydrogen-bond donors (Lipinski definition) is 1. The van der Waals surface area contributed by atoms with Crippen LogP contribution in [0.25, 0.3) is 0 Å². The second-order valence-electron chi connectivity index (χ2n) is 8.53. The monoisotopic (exact) mass is 455 g/mol. The van der Waals surface area contributed by atoms with E-state index in [0.717, 1.165) is 16.8 Å². The number of benzene rings is 2. The molecule has 2 aromatic carbocycles. The zero-order valence-corrected chi connectivity index (χ0v) is 19.1. The number of carbonyl (C=O) groups is 2. The molecule has 2 aromatic rings. The third-order valence-electron chi connectivity index (χ3n) is 6.34. The minimum atomic E-state index is -3.59. The topological polar surface area (TPSA) is 86.8 Å². The fraction of sp³-hybridized carbons (Fsp3) is 0.417. The van der Waals surface area contributed by atoms with Crippen LogP contribution in [0.1, 0.15) is 37.3 Å². The summed E-state index contributed by atoms with van der Waals surface area (Å²) in [6, 6.07) is 14.8. The lowest BCUT2D eigenvalue weighted by Crippen LogP contribution is -2.39. The van der Waals surface area contributed by atoms with Gasteiger partial charge in [-0.05, 0) is 54.5 Å². The molecule has 170 valence electrons. The van der Waals surface area contributed by atoms with Crippen molar-refractivity contribution in [3.8, 4) is 0 Å². The average molecular weight is 456 g/mol. The van der Waals surface area contributed by atoms with Crippen molar-refractivity contribution < 1.29 is 18.0 Å². The van der Waals surface area contributed by atoms with Crippen LogP contribution < -0.4 is 10.2 Å². The number of amides is 2. The molecule has 1 saturated heterocycles. The van der Waals surface area contributed by atoms with E-state index in [2.05, 4.69) is 5.32 Å². The van der Waals surface area contributed by atoms with Gasteiger partial charge in [0.05, 0.1) is 4.90 Å². The minimum absolute atomic E-state index is 0.00353. The molecule has 2 amide bonds. The standard InChI is InChI=1S/C24H29N3O4S/c1-18(28)27-14-11-21-16-22(7-8-23(21)27)32(30,31)26-12-9-19(10-13-26)15-24(29)25-17-20-5-3-2-4-6-20/h2-8,16,19H,9-15,17H2,1H3,(H,25,29). The number of nitrogens with one attached hydrogen (secondary N) is 1. The summed E-state index contributed by atoms with van der Waals surface area (Å²) in [4.78, 5) is 26.0. The molecule has 2 aliphatic heterocycles. The van der Waals surface area contributed by atoms with Crippen LogP contribution in [0.4, 0.5) is 5.69 Å². The van der Waals surface area contributed by atoms with E-state index < -0.39 is 10.0 Å². The molecule has 0 saturated carbocycles. The van der Waals surface area contributed by atoms with Crippen LogP contribution in [-0.4, -0.2) is 44.2 Å². The molecule has 0 spiro atoms. The zero-order chi connectivity index (χ0) is 22.7. The predicted molar refractivity (Wildman–Crippen MR) is 123 cm³/mol. The van der Waals surface area contributed by atoms with Gasteiger partial charge in [-0.2, -0.15) is 4.31 Å². The number of hydrogen-bond acceptors (Lipinski definition) is 4. The first-order valence-corrected chi connectivity index (χ1v) is 12.5. The van der Waals surface area contributed by atoms with E-state index in [1.165, 1.54) is 11.2 Å². The highest BCUT2D eigenvalue weighted by atomic mass is 32.2. The molecule has 2 heterocycles. The summed E-state index contributed by atoms with van der Waals surface area (Å²) in [7, 11) is -3.59. The third-order valence-corrected chi connectivity index (χ3v) is 8.24. The number of fused-ring (bicyclic) bond motifs is 1. The van der Waals surface area contributed by atoms with Gasteiger partial charge in [0, 0.05) is 45.2 Å². The molecule has 8 heteroatoms. The number of nitrogens with zero attached hydrogens (tertiary/aromatic N) is 2. The first-order valence-electron chi connectivity index (χ1n) is 11.1. The molecule has 1 fully saturated rings. The molecular formula is C24H29N3O4S. The highest BCUT2D eigenvalue weighted by molar-refractivity contribution is 7.89. The highest BCUT2D eigenvalue weighted by Crippen LogP contribution is 2.32. The molecule has 32 heavy (non-hydrogen) atoms. The van der Waals surface area contributed by atoms with Crippen LogP contribution in [0.15, 0.2) is 53.4 Å². The van der Waals surface area contributed by atoms with Gasteiger partial charge < -0.3 is 10.2 Å². The summed E-state index contributed by atoms with van der Waals surface area (Å²) in [6.45, 7) is 3.44. The second-order valence-corrected chi connectivity index (χ2v) is 10.5. The Kier molecular flexibility index (Phi) is 6.62. The van der Waals surface area contributed by atoms with Crippen molar-refractivity contribution in [2.45, 2.75) is 44.0 Å². The molecule has 0 radical (unpaired) electrons. The van der Waals surface area contributed by atoms with Gasteiger partial charge in [0.2, 0.25) is 21.8 Å². The smallest absolute Gasteiger partial charge is 0.243 e. The van der Waals surface area contributed by atoms with Crippen molar-refractivity contribution in [1.82, 2.24) is 9.62 Å². The summed E-state index contributed by atoms with van der Waals surface area (Å²) in [6.07, 6.45) is 2.42. The lowest BCUT2D eigenvalue weighted by atomic mass is 9.94. The molecule has 1 N–H and O–H groups in total. The number of piperidine rings is 1. The van der Waals surface area contributed by atoms with Crippen molar-refractivity contribution >= 4 is 27.5 Å². The van der Waals surface area contributed by atoms with E-state index in [-0.39, 0.29) is 22.6 Å². The summed E-state index contributed by atoms with van der Waals surface area (Å²) in [5.74, 6) is 0.152. The van der Waals surface area contributed by atoms with Gasteiger partial charge in [-0.3, -0.25) is 9.59 Å². The first kappa shape index (κ1) is 22.5. The van der Waals surface area contributed by atoms with Crippen molar-refractivity contribution in [3.63, 3.8) is 0 Å². The van der Waals surface area contributed by atoms with E-state index in [9.17, 15) is 18.0 Å². The fourth-order valence-electron chi connectivity index (χ4n) is 4.50. The number of carbonyl (C=O) groups excluding carboxylic acids is 2. The summed E-state index contributed by atoms with van der Waals surface area (Å²) < 4.78 is 27.8. The van der Waals surface area contributed by atoms with Crippen LogP contribution in [0.5, 0.6) is 0 Å². The van der Waals surface area contributed by atoms with Gasteiger partial charge in [-0.25, -0.2) is 8.42 Å². The van der Waals surface area contributed by atoms with E-state index in [4.69, 9.17) is 0 Å². The van der Waals surface area contributed by atoms with Gasteiger partial charge in [-0.15, -0.1) is 0 Å². The third kappa shape index (κ3) is 4.86. The van der Waals surface area contributed by atoms with Gasteiger partial charge in [-0.1, -0.05) is 30.3 Å². The Morgan fingerprint density at radius 1 is 1.03 bits per heavy atom. The quantitative estimate of drug-likeness (QED) is 0.726. The van der Waals surface area contributed by atoms with Crippen LogP contribution in [-0.2, 0) is 32.6 Å². The normalized spacial score (nSPS) is 17.2. The largest absolute Gasteiger partial charge is 0.352 e. The van der Waals surface area contributed by atoms with E-state index in [0.29, 0.717) is 51.9 Å². The number of anilines is 1. The number of rotatable bonds is 6. The van der Waals surface area contributed by atoms with Crippen molar-refractivity contribution in [2.75, 3.05) is 24.5 Å². The molecule has 0 aromatic heterocycles. The lowest BCUT2D eigenvalue weighted by molar-refractivity contribution is -0.122. The maximum Gasteiger partial charge on any atom is 0.243 e. The molecule has 2 aliphatic rings. The van der Waals surface area contributed by atoms with Crippen LogP contribution in [0.3, 0.4) is 0 Å². The molecular weight excluding hydrogens is 426 g/mol. The van der Waals surface area contributed by atoms with Gasteiger partial charge >= 0.3 is 0 Å². The van der Waals surface area contributed by atoms with Crippen molar-refractivity contribution in [3.05, 3.63) is 59.7 Å². The second kappa shape index (κ2) is 9.42. The minimum Gasteiger partial charge on any atom is -0.352 e. The van der Waals surface area contributed by atoms with Gasteiger partial charge in [0.25, 0.3) is 0 Å². The predicted octanol–water partition coefficient (Wildman–Crippen LogP) is 2.70. The van der Waals surface area contributed by atoms with Gasteiger partial charge in [0.1, 0.15) is 0 Å². The van der Waals surface area contributed by atoms with Crippen LogP contribution in [0.2, 0.25) is 0 Å². The Labute approximate surface area is 189 Å². The highest BCUT2D eigenvalue weighted by Gasteiger charge is 2.32. The van der Waals surface area contributed by atoms with Crippen molar-refractivity contribution in [1.29, 1.82) is 0 Å². The Hall–Kier alpha value is -2.71. The van der Waals surface area contributed by atoms with E-state index in [1.807, 2.05) is 30.3 Å². The number of sulfonamides is 1. The Morgan fingerprint density at radius 3 is 2.44 bits per heavy atom. The van der Waals surface area contributed by atoms with E-state index >= 15 is 0 Å². The molecule has 7 nitrogen and oxygen atoms in total. The lowest BCUT2D eigenvalue weighted by Gasteiger charge is -2.31. The molecule has 0 aliphatic carbocycles. The van der Waals surface area contributed by atoms with Gasteiger partial charge in [0.15, 0.2) is 0 Å².